The van der Waals surface area contributed by atoms with Crippen LogP contribution in [0.15, 0.2) is 53.2 Å². The molecule has 24 heavy (non-hydrogen) atoms. The van der Waals surface area contributed by atoms with E-state index in [0.29, 0.717) is 12.6 Å². The van der Waals surface area contributed by atoms with Crippen molar-refractivity contribution in [3.8, 4) is 11.6 Å². The van der Waals surface area contributed by atoms with Crippen molar-refractivity contribution in [1.82, 2.24) is 9.88 Å². The standard InChI is InChI=1S/C20H21N3O/c1-14-12-21-13-23(2)19(14)16-7-9-17(10-8-16)24-20-18(15-5-6-15)4-3-11-22-20/h3-4,7-12,15H,5-6,13H2,1-2H3. The van der Waals surface area contributed by atoms with Crippen LogP contribution in [0.4, 0.5) is 0 Å². The van der Waals surface area contributed by atoms with Crippen molar-refractivity contribution in [1.29, 1.82) is 0 Å². The SMILES string of the molecule is CC1=C(c2ccc(Oc3ncccc3C3CC3)cc2)N(C)CN=C1. The Morgan fingerprint density at radius 3 is 2.62 bits per heavy atom. The molecule has 2 aliphatic rings. The highest BCUT2D eigenvalue weighted by molar-refractivity contribution is 5.91. The number of hydrogen-bond donors (Lipinski definition) is 0. The normalized spacial score (nSPS) is 17.3. The number of rotatable bonds is 4. The highest BCUT2D eigenvalue weighted by Gasteiger charge is 2.27. The molecule has 4 rings (SSSR count). The molecule has 1 aliphatic heterocycles. The smallest absolute Gasteiger partial charge is 0.222 e. The number of benzene rings is 1. The molecule has 0 saturated heterocycles. The number of ether oxygens (including phenoxy) is 1. The number of aromatic nitrogens is 1. The maximum atomic E-state index is 6.04. The summed E-state index contributed by atoms with van der Waals surface area (Å²) in [5.74, 6) is 2.19. The summed E-state index contributed by atoms with van der Waals surface area (Å²) in [7, 11) is 2.07. The Labute approximate surface area is 142 Å². The summed E-state index contributed by atoms with van der Waals surface area (Å²) in [6.45, 7) is 2.79. The molecule has 2 heterocycles. The van der Waals surface area contributed by atoms with Crippen molar-refractivity contribution >= 4 is 11.9 Å². The zero-order valence-electron chi connectivity index (χ0n) is 14.1. The molecule has 1 aromatic heterocycles. The molecule has 2 aromatic rings. The number of nitrogens with zero attached hydrogens (tertiary/aromatic N) is 3. The predicted molar refractivity (Wildman–Crippen MR) is 96.4 cm³/mol. The van der Waals surface area contributed by atoms with E-state index in [1.54, 1.807) is 6.20 Å². The van der Waals surface area contributed by atoms with Crippen LogP contribution in [-0.4, -0.2) is 29.8 Å². The number of pyridine rings is 1. The molecule has 0 spiro atoms. The van der Waals surface area contributed by atoms with Gasteiger partial charge in [-0.2, -0.15) is 0 Å². The first-order valence-corrected chi connectivity index (χ1v) is 8.37. The summed E-state index contributed by atoms with van der Waals surface area (Å²) in [6, 6.07) is 12.3. The van der Waals surface area contributed by atoms with Gasteiger partial charge in [-0.1, -0.05) is 6.07 Å². The van der Waals surface area contributed by atoms with Crippen molar-refractivity contribution in [2.75, 3.05) is 13.7 Å². The zero-order valence-corrected chi connectivity index (χ0v) is 14.1. The van der Waals surface area contributed by atoms with E-state index in [1.165, 1.54) is 35.2 Å². The van der Waals surface area contributed by atoms with E-state index in [1.807, 2.05) is 24.4 Å². The fourth-order valence-electron chi connectivity index (χ4n) is 3.17. The lowest BCUT2D eigenvalue weighted by Crippen LogP contribution is -2.21. The van der Waals surface area contributed by atoms with Gasteiger partial charge in [0.25, 0.3) is 0 Å². The van der Waals surface area contributed by atoms with Gasteiger partial charge in [-0.05, 0) is 67.2 Å². The van der Waals surface area contributed by atoms with Crippen LogP contribution in [-0.2, 0) is 0 Å². The minimum atomic E-state index is 0.621. The number of hydrogen-bond acceptors (Lipinski definition) is 4. The number of allylic oxidation sites excluding steroid dienone is 1. The van der Waals surface area contributed by atoms with Gasteiger partial charge >= 0.3 is 0 Å². The molecular weight excluding hydrogens is 298 g/mol. The number of aliphatic imine (C=N–C) groups is 1. The maximum absolute atomic E-state index is 6.04. The largest absolute Gasteiger partial charge is 0.439 e. The van der Waals surface area contributed by atoms with Gasteiger partial charge in [-0.15, -0.1) is 0 Å². The molecule has 0 atom stereocenters. The monoisotopic (exact) mass is 319 g/mol. The van der Waals surface area contributed by atoms with Gasteiger partial charge in [0.05, 0.1) is 0 Å². The van der Waals surface area contributed by atoms with Crippen LogP contribution in [0.1, 0.15) is 36.8 Å². The molecule has 0 bridgehead atoms. The average Bonchev–Trinajstić information content (AvgIpc) is 3.42. The minimum Gasteiger partial charge on any atom is -0.439 e. The van der Waals surface area contributed by atoms with Crippen LogP contribution in [0, 0.1) is 0 Å². The quantitative estimate of drug-likeness (QED) is 0.835. The second-order valence-corrected chi connectivity index (χ2v) is 6.48. The van der Waals surface area contributed by atoms with E-state index in [2.05, 4.69) is 47.0 Å². The highest BCUT2D eigenvalue weighted by atomic mass is 16.5. The van der Waals surface area contributed by atoms with Crippen LogP contribution >= 0.6 is 0 Å². The first kappa shape index (κ1) is 14.9. The topological polar surface area (TPSA) is 37.7 Å². The van der Waals surface area contributed by atoms with E-state index < -0.39 is 0 Å². The lowest BCUT2D eigenvalue weighted by atomic mass is 10.1. The average molecular weight is 319 g/mol. The van der Waals surface area contributed by atoms with Crippen molar-refractivity contribution in [3.05, 3.63) is 59.3 Å². The maximum Gasteiger partial charge on any atom is 0.222 e. The third-order valence-electron chi connectivity index (χ3n) is 4.49. The lowest BCUT2D eigenvalue weighted by Gasteiger charge is -2.25. The third kappa shape index (κ3) is 2.92. The van der Waals surface area contributed by atoms with Gasteiger partial charge in [0.1, 0.15) is 12.4 Å². The van der Waals surface area contributed by atoms with Gasteiger partial charge in [-0.25, -0.2) is 4.98 Å². The van der Waals surface area contributed by atoms with Crippen LogP contribution in [0.5, 0.6) is 11.6 Å². The van der Waals surface area contributed by atoms with Crippen molar-refractivity contribution in [3.63, 3.8) is 0 Å². The Morgan fingerprint density at radius 2 is 1.92 bits per heavy atom. The molecule has 122 valence electrons. The molecule has 4 nitrogen and oxygen atoms in total. The Hall–Kier alpha value is -2.62. The molecule has 4 heteroatoms. The summed E-state index contributed by atoms with van der Waals surface area (Å²) in [5, 5.41) is 0. The van der Waals surface area contributed by atoms with Crippen LogP contribution in [0.2, 0.25) is 0 Å². The highest BCUT2D eigenvalue weighted by Crippen LogP contribution is 2.44. The molecule has 1 aromatic carbocycles. The van der Waals surface area contributed by atoms with Crippen molar-refractivity contribution in [2.24, 2.45) is 4.99 Å². The fraction of sp³-hybridized carbons (Fsp3) is 0.300. The van der Waals surface area contributed by atoms with E-state index in [0.717, 1.165) is 11.6 Å². The fourth-order valence-corrected chi connectivity index (χ4v) is 3.17. The Morgan fingerprint density at radius 1 is 1.12 bits per heavy atom. The third-order valence-corrected chi connectivity index (χ3v) is 4.49. The van der Waals surface area contributed by atoms with Gasteiger partial charge in [0, 0.05) is 30.7 Å². The Kier molecular flexibility index (Phi) is 3.81. The van der Waals surface area contributed by atoms with Crippen molar-refractivity contribution < 1.29 is 4.74 Å². The molecule has 0 unspecified atom stereocenters. The summed E-state index contributed by atoms with van der Waals surface area (Å²) in [5.41, 5.74) is 4.80. The molecule has 0 radical (unpaired) electrons. The van der Waals surface area contributed by atoms with Gasteiger partial charge in [0.15, 0.2) is 0 Å². The van der Waals surface area contributed by atoms with Crippen LogP contribution in [0.25, 0.3) is 5.70 Å². The molecule has 1 aliphatic carbocycles. The predicted octanol–water partition coefficient (Wildman–Crippen LogP) is 4.46. The van der Waals surface area contributed by atoms with E-state index in [9.17, 15) is 0 Å². The lowest BCUT2D eigenvalue weighted by molar-refractivity contribution is 0.456. The first-order valence-electron chi connectivity index (χ1n) is 8.37. The minimum absolute atomic E-state index is 0.621. The molecule has 1 fully saturated rings. The second kappa shape index (κ2) is 6.11. The van der Waals surface area contributed by atoms with Crippen LogP contribution in [0.3, 0.4) is 0 Å². The molecule has 0 amide bonds. The molecular formula is C20H21N3O. The van der Waals surface area contributed by atoms with E-state index in [4.69, 9.17) is 4.74 Å². The molecule has 0 N–H and O–H groups in total. The second-order valence-electron chi connectivity index (χ2n) is 6.48. The van der Waals surface area contributed by atoms with E-state index in [-0.39, 0.29) is 0 Å². The summed E-state index contributed by atoms with van der Waals surface area (Å²) in [4.78, 5) is 10.9. The first-order chi connectivity index (χ1) is 11.7. The van der Waals surface area contributed by atoms with Gasteiger partial charge < -0.3 is 9.64 Å². The van der Waals surface area contributed by atoms with E-state index >= 15 is 0 Å². The Bertz CT molecular complexity index is 804. The van der Waals surface area contributed by atoms with Crippen LogP contribution < -0.4 is 4.74 Å². The van der Waals surface area contributed by atoms with Crippen molar-refractivity contribution in [2.45, 2.75) is 25.7 Å². The summed E-state index contributed by atoms with van der Waals surface area (Å²) >= 11 is 0. The molecule has 1 saturated carbocycles. The zero-order chi connectivity index (χ0) is 16.5. The summed E-state index contributed by atoms with van der Waals surface area (Å²) < 4.78 is 6.04. The van der Waals surface area contributed by atoms with Gasteiger partial charge in [0.2, 0.25) is 5.88 Å². The van der Waals surface area contributed by atoms with Gasteiger partial charge in [-0.3, -0.25) is 4.99 Å². The summed E-state index contributed by atoms with van der Waals surface area (Å²) in [6.07, 6.45) is 6.21. The Balaban J connectivity index is 1.58.